The third kappa shape index (κ3) is 59.6. The van der Waals surface area contributed by atoms with E-state index in [-0.39, 0.29) is 31.3 Å². The number of hydrogen-bond donors (Lipinski definition) is 1. The molecule has 3 atom stereocenters. The van der Waals surface area contributed by atoms with E-state index in [2.05, 4.69) is 99.0 Å². The Bertz CT molecular complexity index is 1630. The van der Waals surface area contributed by atoms with Crippen molar-refractivity contribution in [1.82, 2.24) is 5.32 Å². The van der Waals surface area contributed by atoms with Gasteiger partial charge in [0.25, 0.3) is 7.82 Å². The van der Waals surface area contributed by atoms with Crippen LogP contribution in [0.5, 0.6) is 0 Å². The van der Waals surface area contributed by atoms with Crippen molar-refractivity contribution in [3.63, 3.8) is 0 Å². The number of carbonyl (C=O) groups excluding carboxylic acids is 2. The molecular weight excluding hydrogens is 1000 g/mol. The first-order chi connectivity index (χ1) is 38.4. The summed E-state index contributed by atoms with van der Waals surface area (Å²) in [6.45, 7) is 6.69. The van der Waals surface area contributed by atoms with Crippen LogP contribution in [0.15, 0.2) is 85.1 Å². The van der Waals surface area contributed by atoms with Gasteiger partial charge in [-0.1, -0.05) is 267 Å². The Labute approximate surface area is 488 Å². The number of esters is 1. The van der Waals surface area contributed by atoms with Crippen LogP contribution in [-0.4, -0.2) is 69.4 Å². The van der Waals surface area contributed by atoms with Crippen LogP contribution in [0.1, 0.15) is 290 Å². The molecule has 0 aliphatic carbocycles. The number of allylic oxidation sites excluding steroid dienone is 13. The lowest BCUT2D eigenvalue weighted by molar-refractivity contribution is -0.870. The topological polar surface area (TPSA) is 114 Å². The van der Waals surface area contributed by atoms with Crippen molar-refractivity contribution in [3.05, 3.63) is 85.1 Å². The highest BCUT2D eigenvalue weighted by atomic mass is 31.2. The summed E-state index contributed by atoms with van der Waals surface area (Å²) in [6, 6.07) is -0.921. The quantitative estimate of drug-likeness (QED) is 0.0212. The van der Waals surface area contributed by atoms with Gasteiger partial charge in [0.05, 0.1) is 33.8 Å². The first kappa shape index (κ1) is 76.2. The van der Waals surface area contributed by atoms with Gasteiger partial charge in [0, 0.05) is 12.8 Å². The zero-order chi connectivity index (χ0) is 57.9. The highest BCUT2D eigenvalue weighted by Gasteiger charge is 2.27. The van der Waals surface area contributed by atoms with E-state index in [1.54, 1.807) is 0 Å². The van der Waals surface area contributed by atoms with E-state index in [1.165, 1.54) is 173 Å². The molecule has 9 nitrogen and oxygen atoms in total. The molecular formula is C69H125N2O7P. The molecule has 0 saturated carbocycles. The molecule has 0 fully saturated rings. The maximum absolute atomic E-state index is 13.5. The Morgan fingerprint density at radius 3 is 1.25 bits per heavy atom. The van der Waals surface area contributed by atoms with Gasteiger partial charge < -0.3 is 28.5 Å². The molecule has 1 amide bonds. The van der Waals surface area contributed by atoms with E-state index in [1.807, 2.05) is 33.3 Å². The summed E-state index contributed by atoms with van der Waals surface area (Å²) in [5, 5.41) is 2.99. The van der Waals surface area contributed by atoms with Crippen molar-refractivity contribution in [3.8, 4) is 0 Å². The van der Waals surface area contributed by atoms with E-state index in [4.69, 9.17) is 13.8 Å². The molecule has 458 valence electrons. The standard InChI is InChI=1S/C69H125N2O7P/c1-7-10-13-16-19-22-25-27-29-31-32-33-34-35-36-37-38-40-42-44-47-50-53-56-59-62-69(73)78-67(60-57-54-51-48-45-24-21-18-15-12-9-3)66(65-77-79(74,75)76-64-63-71(4,5)6)70-68(72)61-58-55-52-49-46-43-41-39-30-28-26-23-20-17-14-11-8-2/h11,14,20,23,27-30,41,43,49,52,57,60,66-67H,7-10,12-13,15-19,21-22,24-26,31-40,42,44-48,50-51,53-56,58-59,61-65H2,1-6H3,(H-,70,72,74,75)/b14-11-,23-20-,29-27+,30-28-,43-41-,52-49-,60-57-. The summed E-state index contributed by atoms with van der Waals surface area (Å²) in [7, 11) is 1.15. The summed E-state index contributed by atoms with van der Waals surface area (Å²) >= 11 is 0. The molecule has 3 unspecified atom stereocenters. The summed E-state index contributed by atoms with van der Waals surface area (Å²) in [4.78, 5) is 40.0. The fourth-order valence-corrected chi connectivity index (χ4v) is 9.98. The SMILES string of the molecule is CC/C=C\C/C=C\C/C=C\C/C=C\C/C=C\CCCC(=O)NC(COP(=O)([O-])OCC[N+](C)(C)C)C(/C=C\CCCCCCCCCCC)OC(=O)CCCCCCCCCCCCCCCCC/C=C/CCCCCCCC. The smallest absolute Gasteiger partial charge is 0.306 e. The van der Waals surface area contributed by atoms with E-state index in [0.717, 1.165) is 77.0 Å². The number of unbranched alkanes of at least 4 members (excludes halogenated alkanes) is 31. The van der Waals surface area contributed by atoms with E-state index in [0.29, 0.717) is 17.4 Å². The second-order valence-corrected chi connectivity index (χ2v) is 24.6. The van der Waals surface area contributed by atoms with Crippen molar-refractivity contribution >= 4 is 19.7 Å². The predicted molar refractivity (Wildman–Crippen MR) is 339 cm³/mol. The molecule has 0 heterocycles. The maximum atomic E-state index is 13.5. The summed E-state index contributed by atoms with van der Waals surface area (Å²) in [5.41, 5.74) is 0. The van der Waals surface area contributed by atoms with Crippen molar-refractivity contribution in [2.45, 2.75) is 303 Å². The second-order valence-electron chi connectivity index (χ2n) is 23.2. The third-order valence-corrected chi connectivity index (χ3v) is 15.3. The van der Waals surface area contributed by atoms with Crippen LogP contribution in [0.2, 0.25) is 0 Å². The van der Waals surface area contributed by atoms with Gasteiger partial charge in [0.15, 0.2) is 0 Å². The first-order valence-corrected chi connectivity index (χ1v) is 34.4. The molecule has 0 spiro atoms. The number of nitrogens with zero attached hydrogens (tertiary/aromatic N) is 1. The van der Waals surface area contributed by atoms with Gasteiger partial charge >= 0.3 is 5.97 Å². The number of phosphoric acid groups is 1. The van der Waals surface area contributed by atoms with Crippen LogP contribution in [-0.2, 0) is 27.9 Å². The lowest BCUT2D eigenvalue weighted by Crippen LogP contribution is -2.47. The minimum absolute atomic E-state index is 0.0353. The molecule has 0 aromatic rings. The van der Waals surface area contributed by atoms with E-state index in [9.17, 15) is 19.0 Å². The van der Waals surface area contributed by atoms with Gasteiger partial charge in [-0.05, 0) is 96.0 Å². The minimum atomic E-state index is -4.72. The molecule has 0 aromatic carbocycles. The zero-order valence-corrected chi connectivity index (χ0v) is 53.2. The molecule has 0 saturated heterocycles. The Balaban J connectivity index is 5.13. The average molecular weight is 1130 g/mol. The summed E-state index contributed by atoms with van der Waals surface area (Å²) < 4.78 is 30.3. The molecule has 79 heavy (non-hydrogen) atoms. The number of nitrogens with one attached hydrogen (secondary N) is 1. The molecule has 1 N–H and O–H groups in total. The highest BCUT2D eigenvalue weighted by molar-refractivity contribution is 7.45. The minimum Gasteiger partial charge on any atom is -0.756 e. The molecule has 0 rings (SSSR count). The summed E-state index contributed by atoms with van der Waals surface area (Å²) in [6.07, 6.45) is 77.2. The van der Waals surface area contributed by atoms with E-state index < -0.39 is 26.6 Å². The van der Waals surface area contributed by atoms with Crippen molar-refractivity contribution in [2.75, 3.05) is 40.9 Å². The number of quaternary nitrogens is 1. The molecule has 0 radical (unpaired) electrons. The molecule has 0 bridgehead atoms. The van der Waals surface area contributed by atoms with Crippen LogP contribution in [0.4, 0.5) is 0 Å². The number of rotatable bonds is 59. The fourth-order valence-electron chi connectivity index (χ4n) is 9.26. The van der Waals surface area contributed by atoms with Gasteiger partial charge in [0.2, 0.25) is 5.91 Å². The van der Waals surface area contributed by atoms with Crippen molar-refractivity contribution in [1.29, 1.82) is 0 Å². The van der Waals surface area contributed by atoms with Gasteiger partial charge in [-0.15, -0.1) is 0 Å². The van der Waals surface area contributed by atoms with Gasteiger partial charge in [0.1, 0.15) is 19.3 Å². The normalized spacial score (nSPS) is 14.2. The van der Waals surface area contributed by atoms with Crippen LogP contribution >= 0.6 is 7.82 Å². The lowest BCUT2D eigenvalue weighted by atomic mass is 10.0. The number of phosphoric ester groups is 1. The Morgan fingerprint density at radius 2 is 0.823 bits per heavy atom. The summed E-state index contributed by atoms with van der Waals surface area (Å²) in [5.74, 6) is -0.606. The van der Waals surface area contributed by atoms with Crippen LogP contribution in [0, 0.1) is 0 Å². The van der Waals surface area contributed by atoms with Crippen LogP contribution in [0.25, 0.3) is 0 Å². The number of hydrogen-bond acceptors (Lipinski definition) is 7. The molecule has 10 heteroatoms. The lowest BCUT2D eigenvalue weighted by Gasteiger charge is -2.30. The number of carbonyl (C=O) groups is 2. The first-order valence-electron chi connectivity index (χ1n) is 32.9. The van der Waals surface area contributed by atoms with Gasteiger partial charge in [-0.2, -0.15) is 0 Å². The van der Waals surface area contributed by atoms with Crippen LogP contribution in [0.3, 0.4) is 0 Å². The molecule has 0 aliphatic rings. The fraction of sp³-hybridized carbons (Fsp3) is 0.768. The van der Waals surface area contributed by atoms with Crippen molar-refractivity contribution in [2.24, 2.45) is 0 Å². The van der Waals surface area contributed by atoms with E-state index >= 15 is 0 Å². The Hall–Kier alpha value is -2.81. The zero-order valence-electron chi connectivity index (χ0n) is 52.3. The largest absolute Gasteiger partial charge is 0.756 e. The van der Waals surface area contributed by atoms with Gasteiger partial charge in [-0.25, -0.2) is 0 Å². The molecule has 0 aromatic heterocycles. The second kappa shape index (κ2) is 58.4. The monoisotopic (exact) mass is 1120 g/mol. The third-order valence-electron chi connectivity index (χ3n) is 14.3. The highest BCUT2D eigenvalue weighted by Crippen LogP contribution is 2.38. The Kier molecular flexibility index (Phi) is 56.3. The molecule has 0 aliphatic heterocycles. The maximum Gasteiger partial charge on any atom is 0.306 e. The number of amides is 1. The predicted octanol–water partition coefficient (Wildman–Crippen LogP) is 19.9. The van der Waals surface area contributed by atoms with Crippen molar-refractivity contribution < 1.29 is 37.3 Å². The Morgan fingerprint density at radius 1 is 0.456 bits per heavy atom. The number of ether oxygens (including phenoxy) is 1. The van der Waals surface area contributed by atoms with Crippen LogP contribution < -0.4 is 10.2 Å². The number of likely N-dealkylation sites (N-methyl/N-ethyl adjacent to an activating group) is 1. The van der Waals surface area contributed by atoms with Gasteiger partial charge in [-0.3, -0.25) is 14.2 Å². The average Bonchev–Trinajstić information content (AvgIpc) is 3.41.